The first-order valence-electron chi connectivity index (χ1n) is 11.4. The van der Waals surface area contributed by atoms with Crippen LogP contribution in [0.25, 0.3) is 0 Å². The van der Waals surface area contributed by atoms with Crippen LogP contribution in [0.4, 0.5) is 23.7 Å². The van der Waals surface area contributed by atoms with E-state index in [1.807, 2.05) is 19.1 Å². The molecular weight excluding hydrogens is 463 g/mol. The van der Waals surface area contributed by atoms with Gasteiger partial charge in [-0.3, -0.25) is 9.69 Å². The molecular formula is C25H26F3N3O4. The number of alkyl halides is 3. The molecule has 1 unspecified atom stereocenters. The average Bonchev–Trinajstić information content (AvgIpc) is 3.04. The van der Waals surface area contributed by atoms with Gasteiger partial charge in [0.25, 0.3) is 0 Å². The van der Waals surface area contributed by atoms with Crippen molar-refractivity contribution in [2.24, 2.45) is 0 Å². The van der Waals surface area contributed by atoms with Gasteiger partial charge in [-0.05, 0) is 60.7 Å². The van der Waals surface area contributed by atoms with Gasteiger partial charge in [0.2, 0.25) is 0 Å². The molecule has 4 rings (SSSR count). The predicted octanol–water partition coefficient (Wildman–Crippen LogP) is 3.97. The number of esters is 1. The van der Waals surface area contributed by atoms with Crippen molar-refractivity contribution in [1.82, 2.24) is 9.80 Å². The molecule has 2 aromatic carbocycles. The van der Waals surface area contributed by atoms with Gasteiger partial charge in [0.05, 0.1) is 18.7 Å². The molecule has 7 nitrogen and oxygen atoms in total. The van der Waals surface area contributed by atoms with Gasteiger partial charge < -0.3 is 14.5 Å². The molecule has 0 radical (unpaired) electrons. The number of halogens is 3. The van der Waals surface area contributed by atoms with E-state index in [9.17, 15) is 27.6 Å². The molecule has 10 heteroatoms. The summed E-state index contributed by atoms with van der Waals surface area (Å²) in [6.07, 6.45) is -4.32. The number of fused-ring (bicyclic) bond motifs is 1. The number of urea groups is 1. The summed E-state index contributed by atoms with van der Waals surface area (Å²) in [6, 6.07) is 11.9. The lowest BCUT2D eigenvalue weighted by Crippen LogP contribution is -2.42. The van der Waals surface area contributed by atoms with Crippen molar-refractivity contribution in [3.05, 3.63) is 64.7 Å². The quantitative estimate of drug-likeness (QED) is 0.610. The summed E-state index contributed by atoms with van der Waals surface area (Å²) in [7, 11) is 1.31. The fraction of sp³-hybridized carbons (Fsp3) is 0.400. The van der Waals surface area contributed by atoms with Gasteiger partial charge in [0.1, 0.15) is 0 Å². The Hall–Kier alpha value is -3.56. The molecule has 0 N–H and O–H groups in total. The van der Waals surface area contributed by atoms with Crippen LogP contribution in [0.1, 0.15) is 40.0 Å². The Morgan fingerprint density at radius 3 is 2.29 bits per heavy atom. The van der Waals surface area contributed by atoms with Gasteiger partial charge in [-0.1, -0.05) is 18.2 Å². The maximum Gasteiger partial charge on any atom is 0.471 e. The average molecular weight is 489 g/mol. The number of carbonyl (C=O) groups excluding carboxylic acids is 3. The Kier molecular flexibility index (Phi) is 6.73. The van der Waals surface area contributed by atoms with E-state index in [1.165, 1.54) is 7.11 Å². The van der Waals surface area contributed by atoms with Crippen molar-refractivity contribution in [3.8, 4) is 0 Å². The normalized spacial score (nSPS) is 18.4. The number of benzene rings is 2. The molecule has 2 aromatic rings. The fourth-order valence-electron chi connectivity index (χ4n) is 4.67. The lowest BCUT2D eigenvalue weighted by molar-refractivity contribution is -0.185. The standard InChI is InChI=1S/C25H26F3N3O4/c1-3-29-15-21(17-4-6-18(7-5-17)22(32)35-2)31(24(29)34)20-9-8-16-10-12-30(13-11-19(16)14-20)23(33)25(26,27)28/h4-9,14,21H,3,10-13,15H2,1-2H3. The first-order chi connectivity index (χ1) is 16.6. The minimum Gasteiger partial charge on any atom is -0.465 e. The van der Waals surface area contributed by atoms with Crippen molar-refractivity contribution in [1.29, 1.82) is 0 Å². The molecule has 0 aromatic heterocycles. The fourth-order valence-corrected chi connectivity index (χ4v) is 4.67. The highest BCUT2D eigenvalue weighted by atomic mass is 19.4. The number of carbonyl (C=O) groups is 3. The summed E-state index contributed by atoms with van der Waals surface area (Å²) >= 11 is 0. The van der Waals surface area contributed by atoms with Gasteiger partial charge in [-0.15, -0.1) is 0 Å². The number of likely N-dealkylation sites (N-methyl/N-ethyl adjacent to an activating group) is 1. The van der Waals surface area contributed by atoms with Crippen molar-refractivity contribution in [2.45, 2.75) is 32.0 Å². The highest BCUT2D eigenvalue weighted by Crippen LogP contribution is 2.36. The minimum absolute atomic E-state index is 0.00782. The van der Waals surface area contributed by atoms with Gasteiger partial charge in [0.15, 0.2) is 0 Å². The molecule has 3 amide bonds. The summed E-state index contributed by atoms with van der Waals surface area (Å²) in [5, 5.41) is 0. The Balaban J connectivity index is 1.62. The van der Waals surface area contributed by atoms with Crippen LogP contribution in [0.5, 0.6) is 0 Å². The van der Waals surface area contributed by atoms with E-state index in [4.69, 9.17) is 4.74 Å². The van der Waals surface area contributed by atoms with Gasteiger partial charge >= 0.3 is 24.1 Å². The first-order valence-corrected chi connectivity index (χ1v) is 11.4. The number of ether oxygens (including phenoxy) is 1. The smallest absolute Gasteiger partial charge is 0.465 e. The molecule has 0 bridgehead atoms. The van der Waals surface area contributed by atoms with E-state index in [0.717, 1.165) is 21.6 Å². The third-order valence-corrected chi connectivity index (χ3v) is 6.58. The highest BCUT2D eigenvalue weighted by molar-refractivity contribution is 5.95. The van der Waals surface area contributed by atoms with Gasteiger partial charge in [-0.2, -0.15) is 13.2 Å². The zero-order valence-corrected chi connectivity index (χ0v) is 19.5. The monoisotopic (exact) mass is 489 g/mol. The number of methoxy groups -OCH3 is 1. The first kappa shape index (κ1) is 24.6. The van der Waals surface area contributed by atoms with E-state index >= 15 is 0 Å². The lowest BCUT2D eigenvalue weighted by atomic mass is 10.00. The zero-order chi connectivity index (χ0) is 25.3. The molecule has 0 saturated carbocycles. The second-order valence-electron chi connectivity index (χ2n) is 8.56. The lowest BCUT2D eigenvalue weighted by Gasteiger charge is -2.25. The van der Waals surface area contributed by atoms with Crippen LogP contribution in [0.15, 0.2) is 42.5 Å². The molecule has 1 saturated heterocycles. The molecule has 2 aliphatic heterocycles. The molecule has 2 aliphatic rings. The second-order valence-corrected chi connectivity index (χ2v) is 8.56. The Morgan fingerprint density at radius 1 is 1.03 bits per heavy atom. The number of anilines is 1. The third-order valence-electron chi connectivity index (χ3n) is 6.58. The molecule has 0 spiro atoms. The van der Waals surface area contributed by atoms with Gasteiger partial charge in [-0.25, -0.2) is 9.59 Å². The van der Waals surface area contributed by atoms with Crippen LogP contribution in [0, 0.1) is 0 Å². The summed E-state index contributed by atoms with van der Waals surface area (Å²) in [5.74, 6) is -2.27. The van der Waals surface area contributed by atoms with E-state index in [2.05, 4.69) is 0 Å². The third kappa shape index (κ3) is 4.82. The van der Waals surface area contributed by atoms with Crippen molar-refractivity contribution in [3.63, 3.8) is 0 Å². The summed E-state index contributed by atoms with van der Waals surface area (Å²) in [6.45, 7) is 2.82. The molecule has 1 fully saturated rings. The van der Waals surface area contributed by atoms with Crippen LogP contribution >= 0.6 is 0 Å². The largest absolute Gasteiger partial charge is 0.471 e. The van der Waals surface area contributed by atoms with Crippen LogP contribution in [0.2, 0.25) is 0 Å². The maximum absolute atomic E-state index is 13.2. The molecule has 186 valence electrons. The van der Waals surface area contributed by atoms with E-state index < -0.39 is 18.1 Å². The molecule has 35 heavy (non-hydrogen) atoms. The number of rotatable bonds is 4. The van der Waals surface area contributed by atoms with Crippen molar-refractivity contribution >= 4 is 23.6 Å². The predicted molar refractivity (Wildman–Crippen MR) is 122 cm³/mol. The second kappa shape index (κ2) is 9.59. The summed E-state index contributed by atoms with van der Waals surface area (Å²) in [5.41, 5.74) is 3.58. The zero-order valence-electron chi connectivity index (χ0n) is 19.5. The van der Waals surface area contributed by atoms with Crippen LogP contribution in [-0.4, -0.2) is 67.2 Å². The number of nitrogens with zero attached hydrogens (tertiary/aromatic N) is 3. The summed E-state index contributed by atoms with van der Waals surface area (Å²) < 4.78 is 43.5. The number of amides is 3. The SMILES string of the molecule is CCN1CC(c2ccc(C(=O)OC)cc2)N(c2ccc3c(c2)CCN(C(=O)C(F)(F)F)CC3)C1=O. The summed E-state index contributed by atoms with van der Waals surface area (Å²) in [4.78, 5) is 41.0. The Bertz CT molecular complexity index is 1130. The van der Waals surface area contributed by atoms with E-state index in [-0.39, 0.29) is 31.6 Å². The van der Waals surface area contributed by atoms with Crippen LogP contribution in [-0.2, 0) is 22.4 Å². The number of hydrogen-bond donors (Lipinski definition) is 0. The van der Waals surface area contributed by atoms with E-state index in [0.29, 0.717) is 30.8 Å². The maximum atomic E-state index is 13.2. The molecule has 1 atom stereocenters. The molecule has 2 heterocycles. The Labute approximate surface area is 201 Å². The van der Waals surface area contributed by atoms with Crippen molar-refractivity contribution < 1.29 is 32.3 Å². The van der Waals surface area contributed by atoms with Gasteiger partial charge in [0, 0.05) is 31.9 Å². The van der Waals surface area contributed by atoms with E-state index in [1.54, 1.807) is 40.1 Å². The number of hydrogen-bond acceptors (Lipinski definition) is 4. The molecule has 0 aliphatic carbocycles. The topological polar surface area (TPSA) is 70.2 Å². The Morgan fingerprint density at radius 2 is 1.69 bits per heavy atom. The van der Waals surface area contributed by atoms with Crippen molar-refractivity contribution in [2.75, 3.05) is 38.2 Å². The minimum atomic E-state index is -4.90. The highest BCUT2D eigenvalue weighted by Gasteiger charge is 2.43. The van der Waals surface area contributed by atoms with Crippen LogP contribution < -0.4 is 4.90 Å². The van der Waals surface area contributed by atoms with Crippen LogP contribution in [0.3, 0.4) is 0 Å².